The number of nitrogens with zero attached hydrogens (tertiary/aromatic N) is 3. The van der Waals surface area contributed by atoms with E-state index in [1.165, 1.54) is 40.7 Å². The fourth-order valence-corrected chi connectivity index (χ4v) is 5.17. The molecule has 33 heavy (non-hydrogen) atoms. The van der Waals surface area contributed by atoms with Gasteiger partial charge < -0.3 is 9.15 Å². The molecule has 1 aromatic heterocycles. The predicted octanol–water partition coefficient (Wildman–Crippen LogP) is 2.85. The highest BCUT2D eigenvalue weighted by molar-refractivity contribution is 7.89. The smallest absolute Gasteiger partial charge is 0.322 e. The zero-order valence-electron chi connectivity index (χ0n) is 18.1. The molecule has 2 aromatic carbocycles. The number of rotatable bonds is 6. The minimum Gasteiger partial charge on any atom is -0.407 e. The van der Waals surface area contributed by atoms with Crippen LogP contribution in [0.1, 0.15) is 35.7 Å². The van der Waals surface area contributed by atoms with Crippen molar-refractivity contribution in [1.82, 2.24) is 14.5 Å². The predicted molar refractivity (Wildman–Crippen MR) is 117 cm³/mol. The fourth-order valence-electron chi connectivity index (χ4n) is 3.58. The van der Waals surface area contributed by atoms with Gasteiger partial charge in [-0.25, -0.2) is 12.8 Å². The molecule has 2 heterocycles. The highest BCUT2D eigenvalue weighted by Crippen LogP contribution is 2.22. The number of nitrogens with one attached hydrogen (secondary N) is 1. The normalized spacial score (nSPS) is 19.4. The van der Waals surface area contributed by atoms with Crippen molar-refractivity contribution in [3.63, 3.8) is 0 Å². The lowest BCUT2D eigenvalue weighted by Crippen LogP contribution is -2.48. The van der Waals surface area contributed by atoms with E-state index in [1.807, 2.05) is 13.8 Å². The third-order valence-corrected chi connectivity index (χ3v) is 6.94. The first-order chi connectivity index (χ1) is 15.7. The topological polar surface area (TPSA) is 115 Å². The molecular weight excluding hydrogens is 451 g/mol. The Morgan fingerprint density at radius 3 is 2.33 bits per heavy atom. The molecule has 11 heteroatoms. The van der Waals surface area contributed by atoms with Gasteiger partial charge in [-0.05, 0) is 55.8 Å². The van der Waals surface area contributed by atoms with E-state index in [2.05, 4.69) is 15.5 Å². The maximum Gasteiger partial charge on any atom is 0.322 e. The van der Waals surface area contributed by atoms with Crippen LogP contribution in [-0.4, -0.2) is 54.1 Å². The van der Waals surface area contributed by atoms with Gasteiger partial charge in [0.05, 0.1) is 23.5 Å². The largest absolute Gasteiger partial charge is 0.407 e. The molecule has 0 radical (unpaired) electrons. The molecule has 0 spiro atoms. The van der Waals surface area contributed by atoms with Gasteiger partial charge in [-0.15, -0.1) is 5.10 Å². The van der Waals surface area contributed by atoms with Crippen molar-refractivity contribution in [2.75, 3.05) is 18.4 Å². The second-order valence-electron chi connectivity index (χ2n) is 7.86. The van der Waals surface area contributed by atoms with Gasteiger partial charge >= 0.3 is 6.01 Å². The van der Waals surface area contributed by atoms with Gasteiger partial charge in [0.15, 0.2) is 0 Å². The summed E-state index contributed by atoms with van der Waals surface area (Å²) in [7, 11) is -3.70. The summed E-state index contributed by atoms with van der Waals surface area (Å²) in [5, 5.41) is 10.2. The van der Waals surface area contributed by atoms with E-state index in [0.29, 0.717) is 0 Å². The molecule has 0 aliphatic carbocycles. The highest BCUT2D eigenvalue weighted by atomic mass is 32.2. The zero-order valence-corrected chi connectivity index (χ0v) is 18.9. The Morgan fingerprint density at radius 2 is 1.70 bits per heavy atom. The maximum absolute atomic E-state index is 13.0. The standard InChI is InChI=1S/C22H23FN4O5S/c1-14-12-27(13-15(2)31-14)33(29,30)19-9-5-17(6-10-19)21(28)24-22-26-25-20(32-22)11-16-3-7-18(23)8-4-16/h3-10,14-15H,11-13H2,1-2H3,(H,24,26,28). The number of ether oxygens (including phenoxy) is 1. The first-order valence-corrected chi connectivity index (χ1v) is 11.8. The summed E-state index contributed by atoms with van der Waals surface area (Å²) in [6.45, 7) is 4.20. The molecule has 1 amide bonds. The minimum atomic E-state index is -3.70. The summed E-state index contributed by atoms with van der Waals surface area (Å²) in [6.07, 6.45) is -0.110. The molecule has 2 atom stereocenters. The molecule has 9 nitrogen and oxygen atoms in total. The Balaban J connectivity index is 1.40. The summed E-state index contributed by atoms with van der Waals surface area (Å²) in [6, 6.07) is 11.4. The lowest BCUT2D eigenvalue weighted by atomic mass is 10.1. The van der Waals surface area contributed by atoms with Crippen molar-refractivity contribution in [3.05, 3.63) is 71.4 Å². The first kappa shape index (κ1) is 23.0. The van der Waals surface area contributed by atoms with Gasteiger partial charge in [0, 0.05) is 18.7 Å². The van der Waals surface area contributed by atoms with Crippen LogP contribution in [0.2, 0.25) is 0 Å². The number of aromatic nitrogens is 2. The zero-order chi connectivity index (χ0) is 23.6. The monoisotopic (exact) mass is 474 g/mol. The highest BCUT2D eigenvalue weighted by Gasteiger charge is 2.32. The van der Waals surface area contributed by atoms with E-state index in [4.69, 9.17) is 9.15 Å². The van der Waals surface area contributed by atoms with Crippen LogP contribution in [0.4, 0.5) is 10.4 Å². The van der Waals surface area contributed by atoms with Crippen molar-refractivity contribution in [1.29, 1.82) is 0 Å². The summed E-state index contributed by atoms with van der Waals surface area (Å²) in [5.41, 5.74) is 1.01. The summed E-state index contributed by atoms with van der Waals surface area (Å²) < 4.78 is 51.3. The van der Waals surface area contributed by atoms with Crippen molar-refractivity contribution in [2.24, 2.45) is 0 Å². The summed E-state index contributed by atoms with van der Waals surface area (Å²) in [4.78, 5) is 12.6. The van der Waals surface area contributed by atoms with Crippen molar-refractivity contribution in [2.45, 2.75) is 37.4 Å². The average Bonchev–Trinajstić information content (AvgIpc) is 3.21. The number of sulfonamides is 1. The number of morpholine rings is 1. The Labute approximate surface area is 190 Å². The fraction of sp³-hybridized carbons (Fsp3) is 0.318. The Bertz CT molecular complexity index is 1220. The molecule has 1 aliphatic rings. The second kappa shape index (κ2) is 9.38. The number of benzene rings is 2. The Kier molecular flexibility index (Phi) is 6.54. The van der Waals surface area contributed by atoms with E-state index in [-0.39, 0.29) is 59.9 Å². The molecule has 4 rings (SSSR count). The minimum absolute atomic E-state index is 0.0925. The average molecular weight is 475 g/mol. The van der Waals surface area contributed by atoms with Crippen LogP contribution >= 0.6 is 0 Å². The third kappa shape index (κ3) is 5.44. The van der Waals surface area contributed by atoms with E-state index in [1.54, 1.807) is 12.1 Å². The van der Waals surface area contributed by atoms with E-state index in [0.717, 1.165) is 5.56 Å². The summed E-state index contributed by atoms with van der Waals surface area (Å²) >= 11 is 0. The van der Waals surface area contributed by atoms with Crippen LogP contribution < -0.4 is 5.32 Å². The van der Waals surface area contributed by atoms with Gasteiger partial charge in [0.1, 0.15) is 5.82 Å². The van der Waals surface area contributed by atoms with Gasteiger partial charge in [-0.2, -0.15) is 4.31 Å². The molecule has 1 aliphatic heterocycles. The lowest BCUT2D eigenvalue weighted by molar-refractivity contribution is -0.0440. The maximum atomic E-state index is 13.0. The van der Waals surface area contributed by atoms with Crippen molar-refractivity contribution >= 4 is 21.9 Å². The van der Waals surface area contributed by atoms with Crippen LogP contribution in [0.5, 0.6) is 0 Å². The van der Waals surface area contributed by atoms with Crippen LogP contribution in [-0.2, 0) is 21.2 Å². The summed E-state index contributed by atoms with van der Waals surface area (Å²) in [5.74, 6) is -0.609. The van der Waals surface area contributed by atoms with E-state index < -0.39 is 15.9 Å². The number of hydrogen-bond acceptors (Lipinski definition) is 7. The number of halogens is 1. The molecule has 0 saturated carbocycles. The van der Waals surface area contributed by atoms with E-state index >= 15 is 0 Å². The second-order valence-corrected chi connectivity index (χ2v) is 9.80. The number of anilines is 1. The quantitative estimate of drug-likeness (QED) is 0.584. The number of amides is 1. The van der Waals surface area contributed by atoms with Gasteiger partial charge in [0.25, 0.3) is 5.91 Å². The van der Waals surface area contributed by atoms with Crippen LogP contribution in [0.15, 0.2) is 57.8 Å². The molecule has 1 saturated heterocycles. The molecular formula is C22H23FN4O5S. The first-order valence-electron chi connectivity index (χ1n) is 10.3. The van der Waals surface area contributed by atoms with Crippen LogP contribution in [0.25, 0.3) is 0 Å². The number of carbonyl (C=O) groups excluding carboxylic acids is 1. The number of hydrogen-bond donors (Lipinski definition) is 1. The van der Waals surface area contributed by atoms with Crippen molar-refractivity contribution in [3.8, 4) is 0 Å². The van der Waals surface area contributed by atoms with E-state index in [9.17, 15) is 17.6 Å². The Hall–Kier alpha value is -3.15. The van der Waals surface area contributed by atoms with Crippen LogP contribution in [0.3, 0.4) is 0 Å². The van der Waals surface area contributed by atoms with Gasteiger partial charge in [-0.3, -0.25) is 10.1 Å². The molecule has 3 aromatic rings. The SMILES string of the molecule is CC1CN(S(=O)(=O)c2ccc(C(=O)Nc3nnc(Cc4ccc(F)cc4)o3)cc2)CC(C)O1. The lowest BCUT2D eigenvalue weighted by Gasteiger charge is -2.34. The molecule has 2 unspecified atom stereocenters. The molecule has 174 valence electrons. The van der Waals surface area contributed by atoms with Gasteiger partial charge in [0.2, 0.25) is 15.9 Å². The number of carbonyl (C=O) groups is 1. The molecule has 1 fully saturated rings. The molecule has 0 bridgehead atoms. The van der Waals surface area contributed by atoms with Crippen molar-refractivity contribution < 1.29 is 26.8 Å². The third-order valence-electron chi connectivity index (χ3n) is 5.10. The Morgan fingerprint density at radius 1 is 1.06 bits per heavy atom. The van der Waals surface area contributed by atoms with Crippen LogP contribution in [0, 0.1) is 5.82 Å². The van der Waals surface area contributed by atoms with Gasteiger partial charge in [-0.1, -0.05) is 17.2 Å². The molecule has 1 N–H and O–H groups in total.